The molecule has 0 saturated carbocycles. The van der Waals surface area contributed by atoms with Crippen LogP contribution in [0.15, 0.2) is 59.8 Å². The van der Waals surface area contributed by atoms with Crippen LogP contribution in [0.1, 0.15) is 22.9 Å². The lowest BCUT2D eigenvalue weighted by molar-refractivity contribution is 0.183. The first-order valence-electron chi connectivity index (χ1n) is 10.8. The molecule has 8 nitrogen and oxygen atoms in total. The summed E-state index contributed by atoms with van der Waals surface area (Å²) in [6.45, 7) is 5.71. The minimum Gasteiger partial charge on any atom is -0.507 e. The molecule has 168 valence electrons. The molecule has 1 N–H and O–H groups in total. The Morgan fingerprint density at radius 3 is 2.50 bits per heavy atom. The number of hydrogen-bond acceptors (Lipinski definition) is 7. The molecule has 1 saturated heterocycles. The highest BCUT2D eigenvalue weighted by molar-refractivity contribution is 5.42. The van der Waals surface area contributed by atoms with Crippen molar-refractivity contribution >= 4 is 5.82 Å². The summed E-state index contributed by atoms with van der Waals surface area (Å²) in [6.07, 6.45) is 5.25. The van der Waals surface area contributed by atoms with Gasteiger partial charge in [0.25, 0.3) is 5.56 Å². The van der Waals surface area contributed by atoms with Crippen molar-refractivity contribution in [3.05, 3.63) is 82.2 Å². The maximum atomic E-state index is 13.5. The van der Waals surface area contributed by atoms with E-state index in [0.29, 0.717) is 24.4 Å². The SMILES string of the molecule is COCCn1c(C)cc(O)c(C(c2ccncc2)N2CCN(c3ccccn3)CC2)c1=O. The van der Waals surface area contributed by atoms with Crippen LogP contribution in [0.2, 0.25) is 0 Å². The third-order valence-electron chi connectivity index (χ3n) is 5.99. The van der Waals surface area contributed by atoms with Crippen LogP contribution in [0.4, 0.5) is 5.82 Å². The number of aromatic nitrogens is 3. The molecule has 0 aromatic carbocycles. The smallest absolute Gasteiger partial charge is 0.259 e. The molecule has 1 atom stereocenters. The van der Waals surface area contributed by atoms with Crippen LogP contribution in [0.3, 0.4) is 0 Å². The number of nitrogens with zero attached hydrogens (tertiary/aromatic N) is 5. The minimum atomic E-state index is -0.370. The fourth-order valence-electron chi connectivity index (χ4n) is 4.34. The van der Waals surface area contributed by atoms with Crippen molar-refractivity contribution in [3.8, 4) is 5.75 Å². The van der Waals surface area contributed by atoms with Crippen molar-refractivity contribution in [2.45, 2.75) is 19.5 Å². The Morgan fingerprint density at radius 2 is 1.84 bits per heavy atom. The first kappa shape index (κ1) is 22.0. The Kier molecular flexibility index (Phi) is 6.82. The van der Waals surface area contributed by atoms with Crippen molar-refractivity contribution in [3.63, 3.8) is 0 Å². The Hall–Kier alpha value is -3.23. The molecule has 32 heavy (non-hydrogen) atoms. The third-order valence-corrected chi connectivity index (χ3v) is 5.99. The van der Waals surface area contributed by atoms with Crippen LogP contribution in [-0.4, -0.2) is 64.4 Å². The van der Waals surface area contributed by atoms with Crippen LogP contribution < -0.4 is 10.5 Å². The van der Waals surface area contributed by atoms with Crippen molar-refractivity contribution in [2.24, 2.45) is 0 Å². The topological polar surface area (TPSA) is 83.7 Å². The van der Waals surface area contributed by atoms with Gasteiger partial charge in [0.2, 0.25) is 0 Å². The Balaban J connectivity index is 1.70. The molecular weight excluding hydrogens is 406 g/mol. The van der Waals surface area contributed by atoms with Gasteiger partial charge >= 0.3 is 0 Å². The maximum absolute atomic E-state index is 13.5. The molecule has 8 heteroatoms. The quantitative estimate of drug-likeness (QED) is 0.609. The van der Waals surface area contributed by atoms with E-state index in [9.17, 15) is 9.90 Å². The van der Waals surface area contributed by atoms with Gasteiger partial charge in [0.05, 0.1) is 18.2 Å². The summed E-state index contributed by atoms with van der Waals surface area (Å²) >= 11 is 0. The van der Waals surface area contributed by atoms with Gasteiger partial charge in [0.1, 0.15) is 11.6 Å². The molecule has 0 aliphatic carbocycles. The van der Waals surface area contributed by atoms with Crippen molar-refractivity contribution in [2.75, 3.05) is 44.8 Å². The number of rotatable bonds is 7. The number of hydrogen-bond donors (Lipinski definition) is 1. The monoisotopic (exact) mass is 435 g/mol. The zero-order chi connectivity index (χ0) is 22.5. The first-order chi connectivity index (χ1) is 15.6. The Bertz CT molecular complexity index is 1080. The van der Waals surface area contributed by atoms with E-state index in [1.165, 1.54) is 0 Å². The second-order valence-electron chi connectivity index (χ2n) is 7.93. The molecule has 4 heterocycles. The van der Waals surface area contributed by atoms with Crippen molar-refractivity contribution in [1.29, 1.82) is 0 Å². The average molecular weight is 436 g/mol. The van der Waals surface area contributed by atoms with Gasteiger partial charge in [-0.05, 0) is 42.8 Å². The van der Waals surface area contributed by atoms with E-state index in [1.54, 1.807) is 36.3 Å². The average Bonchev–Trinajstić information content (AvgIpc) is 2.83. The fraction of sp³-hybridized carbons (Fsp3) is 0.375. The molecule has 1 aliphatic heterocycles. The zero-order valence-electron chi connectivity index (χ0n) is 18.5. The molecule has 1 aliphatic rings. The van der Waals surface area contributed by atoms with Gasteiger partial charge in [0.15, 0.2) is 0 Å². The predicted octanol–water partition coefficient (Wildman–Crippen LogP) is 2.21. The van der Waals surface area contributed by atoms with Gasteiger partial charge in [0, 0.05) is 64.1 Å². The van der Waals surface area contributed by atoms with Crippen LogP contribution in [-0.2, 0) is 11.3 Å². The van der Waals surface area contributed by atoms with E-state index in [2.05, 4.69) is 19.8 Å². The number of methoxy groups -OCH3 is 1. The van der Waals surface area contributed by atoms with Crippen LogP contribution in [0, 0.1) is 6.92 Å². The second-order valence-corrected chi connectivity index (χ2v) is 7.93. The minimum absolute atomic E-state index is 0.0233. The lowest BCUT2D eigenvalue weighted by Gasteiger charge is -2.40. The summed E-state index contributed by atoms with van der Waals surface area (Å²) in [6, 6.07) is 11.0. The van der Waals surface area contributed by atoms with E-state index in [-0.39, 0.29) is 17.4 Å². The van der Waals surface area contributed by atoms with Gasteiger partial charge in [-0.15, -0.1) is 0 Å². The molecular formula is C24H29N5O3. The van der Waals surface area contributed by atoms with E-state index < -0.39 is 0 Å². The van der Waals surface area contributed by atoms with Crippen LogP contribution in [0.25, 0.3) is 0 Å². The number of anilines is 1. The fourth-order valence-corrected chi connectivity index (χ4v) is 4.34. The molecule has 0 bridgehead atoms. The Labute approximate surface area is 187 Å². The van der Waals surface area contributed by atoms with Crippen LogP contribution in [0.5, 0.6) is 5.75 Å². The highest BCUT2D eigenvalue weighted by Crippen LogP contribution is 2.33. The highest BCUT2D eigenvalue weighted by atomic mass is 16.5. The van der Waals surface area contributed by atoms with Gasteiger partial charge in [-0.2, -0.15) is 0 Å². The third kappa shape index (κ3) is 4.51. The lowest BCUT2D eigenvalue weighted by atomic mass is 9.96. The molecule has 4 rings (SSSR count). The largest absolute Gasteiger partial charge is 0.507 e. The number of aromatic hydroxyl groups is 1. The number of aryl methyl sites for hydroxylation is 1. The zero-order valence-corrected chi connectivity index (χ0v) is 18.5. The second kappa shape index (κ2) is 9.93. The molecule has 3 aromatic heterocycles. The molecule has 1 fully saturated rings. The molecule has 0 amide bonds. The number of ether oxygens (including phenoxy) is 1. The summed E-state index contributed by atoms with van der Waals surface area (Å²) < 4.78 is 6.87. The van der Waals surface area contributed by atoms with Gasteiger partial charge in [-0.3, -0.25) is 14.7 Å². The molecule has 3 aromatic rings. The molecule has 0 spiro atoms. The van der Waals surface area contributed by atoms with E-state index in [0.717, 1.165) is 37.6 Å². The molecule has 1 unspecified atom stereocenters. The van der Waals surface area contributed by atoms with Gasteiger partial charge < -0.3 is 19.3 Å². The van der Waals surface area contributed by atoms with E-state index in [4.69, 9.17) is 4.74 Å². The van der Waals surface area contributed by atoms with E-state index in [1.807, 2.05) is 37.3 Å². The highest BCUT2D eigenvalue weighted by Gasteiger charge is 2.31. The van der Waals surface area contributed by atoms with Crippen molar-refractivity contribution in [1.82, 2.24) is 19.4 Å². The summed E-state index contributed by atoms with van der Waals surface area (Å²) in [4.78, 5) is 26.6. The maximum Gasteiger partial charge on any atom is 0.259 e. The van der Waals surface area contributed by atoms with Gasteiger partial charge in [-0.1, -0.05) is 6.07 Å². The summed E-state index contributed by atoms with van der Waals surface area (Å²) in [7, 11) is 1.61. The van der Waals surface area contributed by atoms with E-state index >= 15 is 0 Å². The standard InChI is InChI=1S/C24H29N5O3/c1-18-17-20(30)22(24(31)29(18)15-16-32-2)23(19-6-9-25-10-7-19)28-13-11-27(12-14-28)21-5-3-4-8-26-21/h3-10,17,23,30H,11-16H2,1-2H3. The first-order valence-corrected chi connectivity index (χ1v) is 10.8. The van der Waals surface area contributed by atoms with Crippen molar-refractivity contribution < 1.29 is 9.84 Å². The number of piperazine rings is 1. The Morgan fingerprint density at radius 1 is 1.09 bits per heavy atom. The normalized spacial score (nSPS) is 15.6. The van der Waals surface area contributed by atoms with Gasteiger partial charge in [-0.25, -0.2) is 4.98 Å². The molecule has 0 radical (unpaired) electrons. The van der Waals surface area contributed by atoms with Crippen LogP contribution >= 0.6 is 0 Å². The number of pyridine rings is 3. The summed E-state index contributed by atoms with van der Waals surface area (Å²) in [5, 5.41) is 10.9. The predicted molar refractivity (Wildman–Crippen MR) is 123 cm³/mol. The lowest BCUT2D eigenvalue weighted by Crippen LogP contribution is -2.49. The summed E-state index contributed by atoms with van der Waals surface area (Å²) in [5.74, 6) is 0.975. The summed E-state index contributed by atoms with van der Waals surface area (Å²) in [5.41, 5.74) is 1.85.